The second-order valence-electron chi connectivity index (χ2n) is 13.3. The maximum Gasteiger partial charge on any atom is 0.0546 e. The lowest BCUT2D eigenvalue weighted by Crippen LogP contribution is -2.10. The van der Waals surface area contributed by atoms with Gasteiger partial charge in [0.15, 0.2) is 0 Å². The number of nitrogens with zero attached hydrogens (tertiary/aromatic N) is 1. The van der Waals surface area contributed by atoms with Gasteiger partial charge in [-0.25, -0.2) is 0 Å². The fourth-order valence-electron chi connectivity index (χ4n) is 7.97. The molecule has 0 unspecified atom stereocenters. The number of anilines is 3. The van der Waals surface area contributed by atoms with Crippen molar-refractivity contribution >= 4 is 70.9 Å². The van der Waals surface area contributed by atoms with Crippen LogP contribution in [0.3, 0.4) is 0 Å². The fourth-order valence-corrected chi connectivity index (χ4v) is 7.97. The molecular formula is C50H33N. The molecular weight excluding hydrogens is 615 g/mol. The van der Waals surface area contributed by atoms with Crippen LogP contribution < -0.4 is 4.90 Å². The van der Waals surface area contributed by atoms with Crippen LogP contribution >= 0.6 is 0 Å². The molecule has 51 heavy (non-hydrogen) atoms. The smallest absolute Gasteiger partial charge is 0.0546 e. The van der Waals surface area contributed by atoms with Crippen molar-refractivity contribution in [2.45, 2.75) is 0 Å². The first-order valence-corrected chi connectivity index (χ1v) is 17.6. The van der Waals surface area contributed by atoms with E-state index in [4.69, 9.17) is 0 Å². The van der Waals surface area contributed by atoms with Gasteiger partial charge in [-0.2, -0.15) is 0 Å². The first kappa shape index (κ1) is 29.2. The van der Waals surface area contributed by atoms with E-state index in [2.05, 4.69) is 205 Å². The summed E-state index contributed by atoms with van der Waals surface area (Å²) in [5.41, 5.74) is 8.22. The Balaban J connectivity index is 1.13. The van der Waals surface area contributed by atoms with Crippen LogP contribution in [-0.2, 0) is 0 Å². The minimum absolute atomic E-state index is 1.11. The molecule has 0 spiro atoms. The van der Waals surface area contributed by atoms with Gasteiger partial charge < -0.3 is 4.90 Å². The lowest BCUT2D eigenvalue weighted by molar-refractivity contribution is 1.30. The summed E-state index contributed by atoms with van der Waals surface area (Å²) in [6.45, 7) is 0. The fraction of sp³-hybridized carbons (Fsp3) is 0. The molecule has 0 N–H and O–H groups in total. The van der Waals surface area contributed by atoms with Crippen molar-refractivity contribution < 1.29 is 0 Å². The van der Waals surface area contributed by atoms with Gasteiger partial charge in [0.25, 0.3) is 0 Å². The second kappa shape index (κ2) is 12.0. The van der Waals surface area contributed by atoms with E-state index in [1.54, 1.807) is 0 Å². The third kappa shape index (κ3) is 4.94. The van der Waals surface area contributed by atoms with Gasteiger partial charge in [-0.3, -0.25) is 0 Å². The van der Waals surface area contributed by atoms with Gasteiger partial charge in [0.2, 0.25) is 0 Å². The van der Waals surface area contributed by atoms with Crippen molar-refractivity contribution in [3.05, 3.63) is 200 Å². The molecule has 238 valence electrons. The predicted molar refractivity (Wildman–Crippen MR) is 220 cm³/mol. The normalized spacial score (nSPS) is 11.5. The minimum Gasteiger partial charge on any atom is -0.310 e. The highest BCUT2D eigenvalue weighted by molar-refractivity contribution is 6.25. The summed E-state index contributed by atoms with van der Waals surface area (Å²) in [7, 11) is 0. The number of hydrogen-bond acceptors (Lipinski definition) is 1. The molecule has 10 aromatic carbocycles. The van der Waals surface area contributed by atoms with Gasteiger partial charge in [0.1, 0.15) is 0 Å². The first-order chi connectivity index (χ1) is 25.3. The third-order valence-electron chi connectivity index (χ3n) is 10.4. The van der Waals surface area contributed by atoms with E-state index in [0.29, 0.717) is 0 Å². The van der Waals surface area contributed by atoms with Gasteiger partial charge >= 0.3 is 0 Å². The predicted octanol–water partition coefficient (Wildman–Crippen LogP) is 14.3. The zero-order chi connectivity index (χ0) is 33.7. The molecule has 0 fully saturated rings. The van der Waals surface area contributed by atoms with Crippen molar-refractivity contribution in [1.82, 2.24) is 0 Å². The van der Waals surface area contributed by atoms with Crippen LogP contribution in [0.2, 0.25) is 0 Å². The summed E-state index contributed by atoms with van der Waals surface area (Å²) < 4.78 is 0. The number of fused-ring (bicyclic) bond motifs is 9. The lowest BCUT2D eigenvalue weighted by Gasteiger charge is -2.28. The summed E-state index contributed by atoms with van der Waals surface area (Å²) in [6.07, 6.45) is 0. The second-order valence-corrected chi connectivity index (χ2v) is 13.3. The first-order valence-electron chi connectivity index (χ1n) is 17.6. The van der Waals surface area contributed by atoms with E-state index >= 15 is 0 Å². The zero-order valence-electron chi connectivity index (χ0n) is 28.0. The Hall–Kier alpha value is -6.70. The summed E-state index contributed by atoms with van der Waals surface area (Å²) >= 11 is 0. The van der Waals surface area contributed by atoms with Gasteiger partial charge in [-0.15, -0.1) is 0 Å². The summed E-state index contributed by atoms with van der Waals surface area (Å²) in [4.78, 5) is 2.41. The highest BCUT2D eigenvalue weighted by Gasteiger charge is 2.18. The van der Waals surface area contributed by atoms with Crippen LogP contribution in [-0.4, -0.2) is 0 Å². The Kier molecular flexibility index (Phi) is 6.89. The Morgan fingerprint density at radius 1 is 0.235 bits per heavy atom. The molecule has 1 heteroatoms. The number of hydrogen-bond donors (Lipinski definition) is 0. The van der Waals surface area contributed by atoms with E-state index in [1.165, 1.54) is 76.1 Å². The molecule has 0 heterocycles. The van der Waals surface area contributed by atoms with Crippen molar-refractivity contribution in [1.29, 1.82) is 0 Å². The van der Waals surface area contributed by atoms with E-state index in [1.807, 2.05) is 0 Å². The molecule has 0 aromatic heterocycles. The lowest BCUT2D eigenvalue weighted by atomic mass is 9.92. The van der Waals surface area contributed by atoms with Crippen molar-refractivity contribution in [2.24, 2.45) is 0 Å². The molecule has 0 saturated heterocycles. The zero-order valence-corrected chi connectivity index (χ0v) is 28.0. The highest BCUT2D eigenvalue weighted by atomic mass is 15.1. The molecule has 0 radical (unpaired) electrons. The summed E-state index contributed by atoms with van der Waals surface area (Å²) in [6, 6.07) is 73.0. The molecule has 0 aliphatic heterocycles. The maximum atomic E-state index is 2.41. The third-order valence-corrected chi connectivity index (χ3v) is 10.4. The van der Waals surface area contributed by atoms with E-state index < -0.39 is 0 Å². The molecule has 0 saturated carbocycles. The van der Waals surface area contributed by atoms with Crippen LogP contribution in [0.4, 0.5) is 17.1 Å². The van der Waals surface area contributed by atoms with Crippen LogP contribution in [0.1, 0.15) is 0 Å². The Labute approximate surface area is 297 Å². The Bertz CT molecular complexity index is 2850. The van der Waals surface area contributed by atoms with Gasteiger partial charge in [0.05, 0.1) is 5.69 Å². The highest BCUT2D eigenvalue weighted by Crippen LogP contribution is 2.43. The van der Waals surface area contributed by atoms with Crippen molar-refractivity contribution in [3.63, 3.8) is 0 Å². The average molecular weight is 648 g/mol. The van der Waals surface area contributed by atoms with Crippen molar-refractivity contribution in [2.75, 3.05) is 4.90 Å². The quantitative estimate of drug-likeness (QED) is 0.168. The van der Waals surface area contributed by atoms with E-state index in [9.17, 15) is 0 Å². The van der Waals surface area contributed by atoms with Gasteiger partial charge in [-0.05, 0) is 107 Å². The monoisotopic (exact) mass is 647 g/mol. The largest absolute Gasteiger partial charge is 0.310 e. The molecule has 10 rings (SSSR count). The van der Waals surface area contributed by atoms with Crippen LogP contribution in [0.15, 0.2) is 200 Å². The van der Waals surface area contributed by atoms with E-state index in [-0.39, 0.29) is 0 Å². The van der Waals surface area contributed by atoms with Crippen LogP contribution in [0.5, 0.6) is 0 Å². The molecule has 1 nitrogen and oxygen atoms in total. The standard InChI is InChI=1S/C50H33N/c1-2-12-34(13-3-1)35-22-27-39(28-23-35)51(50-33-38-14-4-5-15-41(38)42-16-10-11-21-48(42)50)40-29-24-36(25-30-40)37-26-31-47-45-19-7-6-17-43(45)44-18-8-9-20-46(44)49(47)32-37/h1-33H. The molecule has 0 aliphatic carbocycles. The Morgan fingerprint density at radius 2 is 0.627 bits per heavy atom. The summed E-state index contributed by atoms with van der Waals surface area (Å²) in [5, 5.41) is 12.7. The topological polar surface area (TPSA) is 3.24 Å². The van der Waals surface area contributed by atoms with Crippen LogP contribution in [0.25, 0.3) is 76.1 Å². The number of rotatable bonds is 5. The molecule has 0 aliphatic rings. The summed E-state index contributed by atoms with van der Waals surface area (Å²) in [5.74, 6) is 0. The molecule has 10 aromatic rings. The number of benzene rings is 10. The minimum atomic E-state index is 1.11. The maximum absolute atomic E-state index is 2.41. The molecule has 0 amide bonds. The molecule has 0 atom stereocenters. The van der Waals surface area contributed by atoms with Gasteiger partial charge in [-0.1, -0.05) is 164 Å². The van der Waals surface area contributed by atoms with Crippen molar-refractivity contribution in [3.8, 4) is 22.3 Å². The van der Waals surface area contributed by atoms with Crippen LogP contribution in [0, 0.1) is 0 Å². The SMILES string of the molecule is c1ccc(-c2ccc(N(c3ccc(-c4ccc5c6ccccc6c6ccccc6c5c4)cc3)c3cc4ccccc4c4ccccc34)cc2)cc1. The average Bonchev–Trinajstić information content (AvgIpc) is 3.22. The molecule has 0 bridgehead atoms. The van der Waals surface area contributed by atoms with Gasteiger partial charge in [0, 0.05) is 16.8 Å². The van der Waals surface area contributed by atoms with E-state index in [0.717, 1.165) is 17.1 Å². The Morgan fingerprint density at radius 3 is 1.22 bits per heavy atom.